The van der Waals surface area contributed by atoms with E-state index in [1.807, 2.05) is 0 Å². The van der Waals surface area contributed by atoms with Crippen molar-refractivity contribution in [1.82, 2.24) is 5.32 Å². The molecule has 0 heterocycles. The first-order valence-electron chi connectivity index (χ1n) is 5.65. The van der Waals surface area contributed by atoms with Crippen molar-refractivity contribution in [2.45, 2.75) is 38.2 Å². The topological polar surface area (TPSA) is 75.6 Å². The molecule has 0 aliphatic heterocycles. The van der Waals surface area contributed by atoms with Crippen molar-refractivity contribution in [3.05, 3.63) is 0 Å². The minimum atomic E-state index is -1.05. The van der Waals surface area contributed by atoms with E-state index in [1.54, 1.807) is 0 Å². The molecule has 1 saturated carbocycles. The lowest BCUT2D eigenvalue weighted by atomic mass is 10.0. The number of carbonyl (C=O) groups is 2. The summed E-state index contributed by atoms with van der Waals surface area (Å²) in [5.41, 5.74) is 0. The Kier molecular flexibility index (Phi) is 5.25. The van der Waals surface area contributed by atoms with Crippen LogP contribution in [-0.4, -0.2) is 36.7 Å². The van der Waals surface area contributed by atoms with E-state index in [2.05, 4.69) is 5.32 Å². The average Bonchev–Trinajstić information content (AvgIpc) is 2.70. The van der Waals surface area contributed by atoms with E-state index in [-0.39, 0.29) is 12.5 Å². The Bertz CT molecular complexity index is 248. The van der Waals surface area contributed by atoms with Crippen molar-refractivity contribution in [3.63, 3.8) is 0 Å². The lowest BCUT2D eigenvalue weighted by Crippen LogP contribution is -2.38. The Morgan fingerprint density at radius 3 is 2.56 bits per heavy atom. The summed E-state index contributed by atoms with van der Waals surface area (Å²) in [6.07, 6.45) is 4.19. The smallest absolute Gasteiger partial charge is 0.334 e. The minimum absolute atomic E-state index is 0.0391. The first-order valence-corrected chi connectivity index (χ1v) is 5.65. The van der Waals surface area contributed by atoms with Crippen molar-refractivity contribution >= 4 is 11.9 Å². The van der Waals surface area contributed by atoms with Gasteiger partial charge in [0.25, 0.3) is 0 Å². The maximum Gasteiger partial charge on any atom is 0.334 e. The van der Waals surface area contributed by atoms with Crippen LogP contribution in [0.4, 0.5) is 0 Å². The molecule has 0 saturated heterocycles. The predicted molar refractivity (Wildman–Crippen MR) is 58.0 cm³/mol. The summed E-state index contributed by atoms with van der Waals surface area (Å²) in [4.78, 5) is 22.1. The maximum atomic E-state index is 11.5. The SMILES string of the molecule is COC(CNC(=O)CC1CCCC1)C(=O)O. The number of rotatable bonds is 6. The second kappa shape index (κ2) is 6.48. The number of hydrogen-bond acceptors (Lipinski definition) is 3. The zero-order chi connectivity index (χ0) is 12.0. The molecule has 92 valence electrons. The van der Waals surface area contributed by atoms with Gasteiger partial charge in [-0.05, 0) is 18.8 Å². The fourth-order valence-electron chi connectivity index (χ4n) is 2.03. The van der Waals surface area contributed by atoms with Gasteiger partial charge in [-0.1, -0.05) is 12.8 Å². The molecular formula is C11H19NO4. The molecule has 1 aliphatic rings. The molecule has 1 rings (SSSR count). The van der Waals surface area contributed by atoms with Crippen molar-refractivity contribution < 1.29 is 19.4 Å². The van der Waals surface area contributed by atoms with Gasteiger partial charge in [-0.2, -0.15) is 0 Å². The third-order valence-electron chi connectivity index (χ3n) is 2.99. The number of aliphatic carboxylic acids is 1. The summed E-state index contributed by atoms with van der Waals surface area (Å²) < 4.78 is 4.72. The molecule has 0 radical (unpaired) electrons. The van der Waals surface area contributed by atoms with E-state index in [9.17, 15) is 9.59 Å². The van der Waals surface area contributed by atoms with E-state index < -0.39 is 12.1 Å². The molecule has 1 amide bonds. The first kappa shape index (κ1) is 13.0. The van der Waals surface area contributed by atoms with Gasteiger partial charge in [-0.25, -0.2) is 4.79 Å². The van der Waals surface area contributed by atoms with Gasteiger partial charge in [0, 0.05) is 13.5 Å². The van der Waals surface area contributed by atoms with Gasteiger partial charge in [0.15, 0.2) is 6.10 Å². The zero-order valence-electron chi connectivity index (χ0n) is 9.57. The van der Waals surface area contributed by atoms with Crippen LogP contribution in [0.15, 0.2) is 0 Å². The molecule has 2 N–H and O–H groups in total. The van der Waals surface area contributed by atoms with Crippen LogP contribution < -0.4 is 5.32 Å². The molecule has 5 nitrogen and oxygen atoms in total. The Morgan fingerprint density at radius 2 is 2.06 bits per heavy atom. The number of nitrogens with one attached hydrogen (secondary N) is 1. The maximum absolute atomic E-state index is 11.5. The summed E-state index contributed by atoms with van der Waals surface area (Å²) in [6.45, 7) is 0.0391. The van der Waals surface area contributed by atoms with Gasteiger partial charge in [0.2, 0.25) is 5.91 Å². The molecule has 1 fully saturated rings. The first-order chi connectivity index (χ1) is 7.63. The lowest BCUT2D eigenvalue weighted by molar-refractivity contribution is -0.148. The summed E-state index contributed by atoms with van der Waals surface area (Å²) in [7, 11) is 1.32. The van der Waals surface area contributed by atoms with Crippen LogP contribution in [-0.2, 0) is 14.3 Å². The van der Waals surface area contributed by atoms with Crippen LogP contribution in [0.25, 0.3) is 0 Å². The molecule has 0 spiro atoms. The summed E-state index contributed by atoms with van der Waals surface area (Å²) >= 11 is 0. The average molecular weight is 229 g/mol. The van der Waals surface area contributed by atoms with Gasteiger partial charge < -0.3 is 15.2 Å². The number of ether oxygens (including phenoxy) is 1. The normalized spacial score (nSPS) is 18.3. The molecule has 16 heavy (non-hydrogen) atoms. The van der Waals surface area contributed by atoms with Crippen molar-refractivity contribution in [2.75, 3.05) is 13.7 Å². The van der Waals surface area contributed by atoms with Crippen LogP contribution in [0.3, 0.4) is 0 Å². The Balaban J connectivity index is 2.20. The molecule has 1 atom stereocenters. The van der Waals surface area contributed by atoms with Gasteiger partial charge in [0.05, 0.1) is 6.54 Å². The van der Waals surface area contributed by atoms with Gasteiger partial charge in [0.1, 0.15) is 0 Å². The highest BCUT2D eigenvalue weighted by Gasteiger charge is 2.20. The molecule has 0 bridgehead atoms. The summed E-state index contributed by atoms with van der Waals surface area (Å²) in [6, 6.07) is 0. The molecule has 1 unspecified atom stereocenters. The number of amides is 1. The quantitative estimate of drug-likeness (QED) is 0.705. The monoisotopic (exact) mass is 229 g/mol. The number of carbonyl (C=O) groups excluding carboxylic acids is 1. The van der Waals surface area contributed by atoms with Crippen LogP contribution in [0.1, 0.15) is 32.1 Å². The van der Waals surface area contributed by atoms with Crippen molar-refractivity contribution in [2.24, 2.45) is 5.92 Å². The van der Waals surface area contributed by atoms with Gasteiger partial charge >= 0.3 is 5.97 Å². The minimum Gasteiger partial charge on any atom is -0.479 e. The van der Waals surface area contributed by atoms with Crippen LogP contribution >= 0.6 is 0 Å². The molecule has 1 aliphatic carbocycles. The fraction of sp³-hybridized carbons (Fsp3) is 0.818. The summed E-state index contributed by atoms with van der Waals surface area (Å²) in [5, 5.41) is 11.3. The Labute approximate surface area is 95.2 Å². The van der Waals surface area contributed by atoms with Crippen molar-refractivity contribution in [1.29, 1.82) is 0 Å². The highest BCUT2D eigenvalue weighted by Crippen LogP contribution is 2.27. The largest absolute Gasteiger partial charge is 0.479 e. The van der Waals surface area contributed by atoms with E-state index in [0.29, 0.717) is 12.3 Å². The van der Waals surface area contributed by atoms with E-state index in [0.717, 1.165) is 12.8 Å². The number of hydrogen-bond donors (Lipinski definition) is 2. The molecule has 0 aromatic heterocycles. The van der Waals surface area contributed by atoms with E-state index in [4.69, 9.17) is 9.84 Å². The van der Waals surface area contributed by atoms with Crippen LogP contribution in [0.2, 0.25) is 0 Å². The number of carboxylic acid groups (broad SMARTS) is 1. The number of methoxy groups -OCH3 is 1. The molecule has 0 aromatic carbocycles. The van der Waals surface area contributed by atoms with Gasteiger partial charge in [-0.3, -0.25) is 4.79 Å². The third kappa shape index (κ3) is 4.18. The van der Waals surface area contributed by atoms with Crippen LogP contribution in [0.5, 0.6) is 0 Å². The van der Waals surface area contributed by atoms with Crippen LogP contribution in [0, 0.1) is 5.92 Å². The highest BCUT2D eigenvalue weighted by atomic mass is 16.5. The fourth-order valence-corrected chi connectivity index (χ4v) is 2.03. The second-order valence-corrected chi connectivity index (χ2v) is 4.22. The van der Waals surface area contributed by atoms with E-state index >= 15 is 0 Å². The standard InChI is InChI=1S/C11H19NO4/c1-16-9(11(14)15)7-12-10(13)6-8-4-2-3-5-8/h8-9H,2-7H2,1H3,(H,12,13)(H,14,15). The molecular weight excluding hydrogens is 210 g/mol. The Morgan fingerprint density at radius 1 is 1.44 bits per heavy atom. The second-order valence-electron chi connectivity index (χ2n) is 4.22. The summed E-state index contributed by atoms with van der Waals surface area (Å²) in [5.74, 6) is -0.648. The molecule has 5 heteroatoms. The van der Waals surface area contributed by atoms with Gasteiger partial charge in [-0.15, -0.1) is 0 Å². The van der Waals surface area contributed by atoms with Crippen molar-refractivity contribution in [3.8, 4) is 0 Å². The third-order valence-corrected chi connectivity index (χ3v) is 2.99. The highest BCUT2D eigenvalue weighted by molar-refractivity contribution is 5.78. The lowest BCUT2D eigenvalue weighted by Gasteiger charge is -2.13. The zero-order valence-corrected chi connectivity index (χ0v) is 9.57. The Hall–Kier alpha value is -1.10. The van der Waals surface area contributed by atoms with E-state index in [1.165, 1.54) is 20.0 Å². The number of carboxylic acids is 1. The molecule has 0 aromatic rings. The predicted octanol–water partition coefficient (Wildman–Crippen LogP) is 0.782.